The molecule has 1 amide bonds. The zero-order valence-corrected chi connectivity index (χ0v) is 5.38. The molecule has 10 heavy (non-hydrogen) atoms. The largest absolute Gasteiger partial charge is 0.503 e. The first-order valence-electron chi connectivity index (χ1n) is 2.77. The number of hydrogen-bond acceptors (Lipinski definition) is 3. The summed E-state index contributed by atoms with van der Waals surface area (Å²) in [5.74, 6) is -1.33. The van der Waals surface area contributed by atoms with Crippen molar-refractivity contribution >= 4 is 5.91 Å². The van der Waals surface area contributed by atoms with Crippen LogP contribution in [-0.2, 0) is 4.79 Å². The zero-order valence-electron chi connectivity index (χ0n) is 5.38. The van der Waals surface area contributed by atoms with Gasteiger partial charge in [-0.1, -0.05) is 6.08 Å². The van der Waals surface area contributed by atoms with Crippen molar-refractivity contribution in [3.8, 4) is 0 Å². The lowest BCUT2D eigenvalue weighted by molar-refractivity contribution is -0.116. The molecule has 4 heteroatoms. The predicted molar refractivity (Wildman–Crippen MR) is 34.2 cm³/mol. The second-order valence-electron chi connectivity index (χ2n) is 1.85. The molecule has 1 heterocycles. The molecule has 0 aliphatic carbocycles. The molecule has 0 aromatic carbocycles. The molecule has 3 N–H and O–H groups in total. The molecule has 1 aliphatic rings. The monoisotopic (exact) mass is 141 g/mol. The Balaban J connectivity index is 3.06. The molecular weight excluding hydrogens is 134 g/mol. The van der Waals surface area contributed by atoms with E-state index in [2.05, 4.69) is 0 Å². The number of carbonyl (C=O) groups excluding carboxylic acids is 1. The fraction of sp³-hybridized carbons (Fsp3) is 0.167. The molecular formula is C6H7NO3. The Bertz CT molecular complexity index is 239. The van der Waals surface area contributed by atoms with Crippen LogP contribution in [0.5, 0.6) is 0 Å². The molecule has 0 spiro atoms. The quantitative estimate of drug-likeness (QED) is 0.426. The minimum absolute atomic E-state index is 0.109. The Morgan fingerprint density at radius 1 is 1.50 bits per heavy atom. The Hall–Kier alpha value is -1.45. The van der Waals surface area contributed by atoms with Crippen LogP contribution in [0, 0.1) is 0 Å². The number of nitrogens with one attached hydrogen (secondary N) is 1. The van der Waals surface area contributed by atoms with E-state index in [-0.39, 0.29) is 11.3 Å². The van der Waals surface area contributed by atoms with Crippen molar-refractivity contribution in [1.29, 1.82) is 0 Å². The van der Waals surface area contributed by atoms with E-state index in [1.165, 1.54) is 6.08 Å². The van der Waals surface area contributed by atoms with Crippen molar-refractivity contribution in [3.05, 3.63) is 23.3 Å². The standard InChI is InChI=1S/C6H7NO3/c1-2-3-4(8)6(10)7-5(3)9/h2,8,10H,1H3,(H,7,9). The fourth-order valence-electron chi connectivity index (χ4n) is 0.737. The highest BCUT2D eigenvalue weighted by Crippen LogP contribution is 2.15. The molecule has 0 aromatic rings. The average molecular weight is 141 g/mol. The van der Waals surface area contributed by atoms with Crippen LogP contribution in [0.15, 0.2) is 23.3 Å². The summed E-state index contributed by atoms with van der Waals surface area (Å²) < 4.78 is 0. The van der Waals surface area contributed by atoms with Gasteiger partial charge in [0.1, 0.15) is 0 Å². The van der Waals surface area contributed by atoms with Gasteiger partial charge in [-0.3, -0.25) is 10.1 Å². The van der Waals surface area contributed by atoms with Gasteiger partial charge in [0, 0.05) is 0 Å². The lowest BCUT2D eigenvalue weighted by Gasteiger charge is -1.88. The van der Waals surface area contributed by atoms with E-state index < -0.39 is 11.8 Å². The van der Waals surface area contributed by atoms with Crippen LogP contribution >= 0.6 is 0 Å². The van der Waals surface area contributed by atoms with Crippen molar-refractivity contribution in [1.82, 2.24) is 5.32 Å². The van der Waals surface area contributed by atoms with Crippen molar-refractivity contribution in [2.75, 3.05) is 0 Å². The minimum Gasteiger partial charge on any atom is -0.503 e. The van der Waals surface area contributed by atoms with Crippen molar-refractivity contribution in [2.24, 2.45) is 0 Å². The van der Waals surface area contributed by atoms with Gasteiger partial charge in [0.15, 0.2) is 5.76 Å². The topological polar surface area (TPSA) is 69.6 Å². The number of aliphatic hydroxyl groups is 2. The second kappa shape index (κ2) is 2.06. The summed E-state index contributed by atoms with van der Waals surface area (Å²) in [4.78, 5) is 10.7. The Morgan fingerprint density at radius 3 is 2.30 bits per heavy atom. The van der Waals surface area contributed by atoms with E-state index in [1.807, 2.05) is 5.32 Å². The Kier molecular flexibility index (Phi) is 1.37. The number of aliphatic hydroxyl groups excluding tert-OH is 2. The van der Waals surface area contributed by atoms with Gasteiger partial charge in [0.2, 0.25) is 5.88 Å². The molecule has 0 unspecified atom stereocenters. The molecule has 0 atom stereocenters. The van der Waals surface area contributed by atoms with Gasteiger partial charge in [-0.25, -0.2) is 0 Å². The minimum atomic E-state index is -0.475. The van der Waals surface area contributed by atoms with Crippen LogP contribution in [0.3, 0.4) is 0 Å². The molecule has 0 bridgehead atoms. The van der Waals surface area contributed by atoms with Gasteiger partial charge < -0.3 is 10.2 Å². The SMILES string of the molecule is CC=C1C(=O)NC(O)=C1O. The molecule has 0 saturated carbocycles. The molecule has 0 aromatic heterocycles. The highest BCUT2D eigenvalue weighted by molar-refractivity contribution is 6.01. The van der Waals surface area contributed by atoms with E-state index in [1.54, 1.807) is 6.92 Å². The number of rotatable bonds is 0. The highest BCUT2D eigenvalue weighted by Gasteiger charge is 2.25. The Morgan fingerprint density at radius 2 is 2.10 bits per heavy atom. The third-order valence-corrected chi connectivity index (χ3v) is 1.24. The normalized spacial score (nSPS) is 22.1. The number of allylic oxidation sites excluding steroid dienone is 1. The Labute approximate surface area is 57.5 Å². The highest BCUT2D eigenvalue weighted by atomic mass is 16.3. The number of carbonyl (C=O) groups is 1. The summed E-state index contributed by atoms with van der Waals surface area (Å²) in [6, 6.07) is 0. The van der Waals surface area contributed by atoms with Gasteiger partial charge in [-0.05, 0) is 6.92 Å². The molecule has 4 nitrogen and oxygen atoms in total. The van der Waals surface area contributed by atoms with Crippen LogP contribution in [0.4, 0.5) is 0 Å². The summed E-state index contributed by atoms with van der Waals surface area (Å²) >= 11 is 0. The van der Waals surface area contributed by atoms with E-state index in [0.717, 1.165) is 0 Å². The van der Waals surface area contributed by atoms with Crippen molar-refractivity contribution < 1.29 is 15.0 Å². The smallest absolute Gasteiger partial charge is 0.261 e. The summed E-state index contributed by atoms with van der Waals surface area (Å²) in [5, 5.41) is 19.7. The van der Waals surface area contributed by atoms with E-state index in [4.69, 9.17) is 10.2 Å². The third kappa shape index (κ3) is 0.737. The molecule has 0 saturated heterocycles. The molecule has 54 valence electrons. The van der Waals surface area contributed by atoms with Crippen molar-refractivity contribution in [3.63, 3.8) is 0 Å². The van der Waals surface area contributed by atoms with Crippen LogP contribution in [-0.4, -0.2) is 16.1 Å². The van der Waals surface area contributed by atoms with Gasteiger partial charge in [0.05, 0.1) is 5.57 Å². The molecule has 0 radical (unpaired) electrons. The first-order valence-corrected chi connectivity index (χ1v) is 2.77. The zero-order chi connectivity index (χ0) is 7.72. The lowest BCUT2D eigenvalue weighted by Crippen LogP contribution is -2.15. The molecule has 0 fully saturated rings. The first kappa shape index (κ1) is 6.67. The van der Waals surface area contributed by atoms with Crippen molar-refractivity contribution in [2.45, 2.75) is 6.92 Å². The predicted octanol–water partition coefficient (Wildman–Crippen LogP) is 0.348. The first-order chi connectivity index (χ1) is 4.66. The van der Waals surface area contributed by atoms with E-state index in [9.17, 15) is 4.79 Å². The summed E-state index contributed by atoms with van der Waals surface area (Å²) in [7, 11) is 0. The number of amides is 1. The average Bonchev–Trinajstić information content (AvgIpc) is 2.09. The van der Waals surface area contributed by atoms with E-state index in [0.29, 0.717) is 0 Å². The summed E-state index contributed by atoms with van der Waals surface area (Å²) in [5.41, 5.74) is 0.109. The fourth-order valence-corrected chi connectivity index (χ4v) is 0.737. The van der Waals surface area contributed by atoms with Crippen LogP contribution in [0.1, 0.15) is 6.92 Å². The van der Waals surface area contributed by atoms with Crippen LogP contribution < -0.4 is 5.32 Å². The number of hydrogen-bond donors (Lipinski definition) is 3. The third-order valence-electron chi connectivity index (χ3n) is 1.24. The summed E-state index contributed by atoms with van der Waals surface area (Å²) in [6.45, 7) is 1.60. The maximum absolute atomic E-state index is 10.7. The maximum atomic E-state index is 10.7. The van der Waals surface area contributed by atoms with E-state index >= 15 is 0 Å². The molecule has 1 rings (SSSR count). The molecule has 1 aliphatic heterocycles. The summed E-state index contributed by atoms with van der Waals surface area (Å²) in [6.07, 6.45) is 1.42. The maximum Gasteiger partial charge on any atom is 0.261 e. The second-order valence-corrected chi connectivity index (χ2v) is 1.85. The lowest BCUT2D eigenvalue weighted by atomic mass is 10.2. The van der Waals surface area contributed by atoms with Gasteiger partial charge >= 0.3 is 0 Å². The van der Waals surface area contributed by atoms with Gasteiger partial charge in [-0.2, -0.15) is 0 Å². The van der Waals surface area contributed by atoms with Crippen LogP contribution in [0.25, 0.3) is 0 Å². The van der Waals surface area contributed by atoms with Crippen LogP contribution in [0.2, 0.25) is 0 Å². The van der Waals surface area contributed by atoms with Gasteiger partial charge in [-0.15, -0.1) is 0 Å². The van der Waals surface area contributed by atoms with Gasteiger partial charge in [0.25, 0.3) is 5.91 Å².